The van der Waals surface area contributed by atoms with Crippen molar-refractivity contribution in [3.8, 4) is 5.75 Å². The van der Waals surface area contributed by atoms with E-state index in [1.54, 1.807) is 19.1 Å². The molecule has 0 saturated heterocycles. The summed E-state index contributed by atoms with van der Waals surface area (Å²) in [4.78, 5) is 48.5. The van der Waals surface area contributed by atoms with E-state index in [0.29, 0.717) is 25.4 Å². The maximum atomic E-state index is 12.6. The number of carbonyl (C=O) groups excluding carboxylic acids is 4. The van der Waals surface area contributed by atoms with E-state index in [0.717, 1.165) is 24.8 Å². The minimum atomic E-state index is -0.711. The number of hydrogen-bond acceptors (Lipinski definition) is 6. The van der Waals surface area contributed by atoms with Crippen LogP contribution in [-0.2, 0) is 6.42 Å². The summed E-state index contributed by atoms with van der Waals surface area (Å²) in [5.41, 5.74) is 11.5. The van der Waals surface area contributed by atoms with Crippen LogP contribution in [0, 0.1) is 11.8 Å². The van der Waals surface area contributed by atoms with E-state index < -0.39 is 24.1 Å². The third-order valence-corrected chi connectivity index (χ3v) is 6.59. The highest BCUT2D eigenvalue weighted by atomic mass is 16.3. The van der Waals surface area contributed by atoms with Gasteiger partial charge in [0.2, 0.25) is 0 Å². The number of phenolic OH excluding ortho intramolecular Hbond substituents is 1. The van der Waals surface area contributed by atoms with E-state index in [-0.39, 0.29) is 49.4 Å². The molecule has 0 spiro atoms. The number of urea groups is 4. The van der Waals surface area contributed by atoms with Gasteiger partial charge in [0, 0.05) is 32.2 Å². The van der Waals surface area contributed by atoms with Crippen LogP contribution in [-0.4, -0.2) is 80.1 Å². The van der Waals surface area contributed by atoms with Gasteiger partial charge in [-0.25, -0.2) is 19.2 Å². The monoisotopic (exact) mass is 593 g/mol. The van der Waals surface area contributed by atoms with Gasteiger partial charge in [0.1, 0.15) is 5.75 Å². The lowest BCUT2D eigenvalue weighted by atomic mass is 10.0. The Labute approximate surface area is 248 Å². The van der Waals surface area contributed by atoms with E-state index in [2.05, 4.69) is 44.1 Å². The Morgan fingerprint density at radius 2 is 1.36 bits per heavy atom. The molecule has 12 N–H and O–H groups in total. The van der Waals surface area contributed by atoms with Gasteiger partial charge in [-0.3, -0.25) is 0 Å². The van der Waals surface area contributed by atoms with Gasteiger partial charge in [-0.15, -0.1) is 0 Å². The fourth-order valence-electron chi connectivity index (χ4n) is 4.00. The molecule has 4 atom stereocenters. The molecular weight excluding hydrogens is 542 g/mol. The topological polar surface area (TPSA) is 225 Å². The number of carbonyl (C=O) groups is 4. The Morgan fingerprint density at radius 3 is 1.98 bits per heavy atom. The summed E-state index contributed by atoms with van der Waals surface area (Å²) in [6.07, 6.45) is 3.39. The normalized spacial score (nSPS) is 13.7. The first-order chi connectivity index (χ1) is 19.9. The fourth-order valence-corrected chi connectivity index (χ4v) is 4.00. The standard InChI is InChI=1S/C28H51N9O5/c1-18(2)24(37-28(42)33-15-20(4)35-26(40)32-14-19(3)7-5-6-12-29)17-34-27(41)36-22(16-31-25(30)39)13-21-8-10-23(38)11-9-21/h8-11,18-20,22,24,38H,5-7,12-17,29H2,1-4H3,(H3,30,31,39)(H2,32,35,40)(H2,33,37,42)(H2,34,36,41)/t19-,20-,22-,24+/m0/s1. The van der Waals surface area contributed by atoms with Crippen molar-refractivity contribution in [1.82, 2.24) is 37.2 Å². The van der Waals surface area contributed by atoms with Gasteiger partial charge in [-0.2, -0.15) is 0 Å². The van der Waals surface area contributed by atoms with E-state index >= 15 is 0 Å². The number of aromatic hydroxyl groups is 1. The second-order valence-corrected chi connectivity index (χ2v) is 11.0. The molecule has 0 aliphatic rings. The third kappa shape index (κ3) is 17.0. The summed E-state index contributed by atoms with van der Waals surface area (Å²) in [5, 5.41) is 28.8. The predicted molar refractivity (Wildman–Crippen MR) is 163 cm³/mol. The number of nitrogens with one attached hydrogen (secondary N) is 7. The molecule has 0 unspecified atom stereocenters. The fraction of sp³-hybridized carbons (Fsp3) is 0.643. The SMILES string of the molecule is CC(C)[C@@H](CNC(=O)N[C@H](CNC(N)=O)Cc1ccc(O)cc1)NC(=O)NC[C@H](C)NC(=O)NC[C@@H](C)CCCCN. The maximum Gasteiger partial charge on any atom is 0.315 e. The molecule has 0 fully saturated rings. The molecule has 1 aromatic rings. The van der Waals surface area contributed by atoms with Crippen LogP contribution in [0.25, 0.3) is 0 Å². The summed E-state index contributed by atoms with van der Waals surface area (Å²) in [7, 11) is 0. The molecule has 0 aliphatic heterocycles. The lowest BCUT2D eigenvalue weighted by molar-refractivity contribution is 0.223. The number of hydrogen-bond donors (Lipinski definition) is 10. The molecule has 0 heterocycles. The van der Waals surface area contributed by atoms with Crippen molar-refractivity contribution < 1.29 is 24.3 Å². The smallest absolute Gasteiger partial charge is 0.315 e. The number of nitrogens with two attached hydrogens (primary N) is 2. The van der Waals surface area contributed by atoms with Crippen molar-refractivity contribution in [1.29, 1.82) is 0 Å². The molecule has 14 nitrogen and oxygen atoms in total. The molecule has 1 rings (SSSR count). The van der Waals surface area contributed by atoms with Gasteiger partial charge in [-0.05, 0) is 62.3 Å². The van der Waals surface area contributed by atoms with Crippen LogP contribution < -0.4 is 48.7 Å². The Kier molecular flexibility index (Phi) is 17.2. The van der Waals surface area contributed by atoms with Crippen molar-refractivity contribution in [2.24, 2.45) is 23.3 Å². The Hall–Kier alpha value is -3.94. The third-order valence-electron chi connectivity index (χ3n) is 6.59. The number of rotatable bonds is 18. The summed E-state index contributed by atoms with van der Waals surface area (Å²) >= 11 is 0. The van der Waals surface area contributed by atoms with E-state index in [4.69, 9.17) is 11.5 Å². The van der Waals surface area contributed by atoms with Crippen LogP contribution in [0.15, 0.2) is 24.3 Å². The Balaban J connectivity index is 2.47. The van der Waals surface area contributed by atoms with Gasteiger partial charge >= 0.3 is 24.1 Å². The molecule has 1 aromatic carbocycles. The molecule has 0 aliphatic carbocycles. The zero-order valence-corrected chi connectivity index (χ0v) is 25.3. The molecule has 238 valence electrons. The average Bonchev–Trinajstić information content (AvgIpc) is 2.92. The first-order valence-corrected chi connectivity index (χ1v) is 14.5. The molecule has 42 heavy (non-hydrogen) atoms. The lowest BCUT2D eigenvalue weighted by Gasteiger charge is -2.25. The summed E-state index contributed by atoms with van der Waals surface area (Å²) in [6, 6.07) is 3.47. The van der Waals surface area contributed by atoms with E-state index in [1.165, 1.54) is 12.1 Å². The van der Waals surface area contributed by atoms with Crippen LogP contribution in [0.5, 0.6) is 5.75 Å². The molecule has 8 amide bonds. The number of unbranched alkanes of at least 4 members (excludes halogenated alkanes) is 1. The summed E-state index contributed by atoms with van der Waals surface area (Å²) < 4.78 is 0. The van der Waals surface area contributed by atoms with E-state index in [9.17, 15) is 24.3 Å². The Bertz CT molecular complexity index is 962. The van der Waals surface area contributed by atoms with Crippen molar-refractivity contribution >= 4 is 24.1 Å². The zero-order valence-electron chi connectivity index (χ0n) is 25.3. The van der Waals surface area contributed by atoms with Crippen molar-refractivity contribution in [3.63, 3.8) is 0 Å². The van der Waals surface area contributed by atoms with Crippen LogP contribution >= 0.6 is 0 Å². The largest absolute Gasteiger partial charge is 0.508 e. The number of primary amides is 1. The molecule has 0 bridgehead atoms. The first-order valence-electron chi connectivity index (χ1n) is 14.5. The number of amides is 8. The molecule has 0 saturated carbocycles. The summed E-state index contributed by atoms with van der Waals surface area (Å²) in [5.74, 6) is 0.481. The average molecular weight is 594 g/mol. The predicted octanol–water partition coefficient (Wildman–Crippen LogP) is 1.05. The number of phenols is 1. The van der Waals surface area contributed by atoms with Crippen molar-refractivity contribution in [3.05, 3.63) is 29.8 Å². The first kappa shape index (κ1) is 36.1. The molecule has 0 aromatic heterocycles. The minimum absolute atomic E-state index is 0.00791. The molecule has 14 heteroatoms. The van der Waals surface area contributed by atoms with Crippen LogP contribution in [0.4, 0.5) is 19.2 Å². The quantitative estimate of drug-likeness (QED) is 0.112. The van der Waals surface area contributed by atoms with Gasteiger partial charge in [0.15, 0.2) is 0 Å². The van der Waals surface area contributed by atoms with Crippen molar-refractivity contribution in [2.75, 3.05) is 32.7 Å². The van der Waals surface area contributed by atoms with E-state index in [1.807, 2.05) is 13.8 Å². The van der Waals surface area contributed by atoms with Crippen LogP contribution in [0.1, 0.15) is 52.5 Å². The van der Waals surface area contributed by atoms with Gasteiger partial charge in [0.25, 0.3) is 0 Å². The lowest BCUT2D eigenvalue weighted by Crippen LogP contribution is -2.55. The highest BCUT2D eigenvalue weighted by Crippen LogP contribution is 2.11. The molecule has 0 radical (unpaired) electrons. The van der Waals surface area contributed by atoms with Crippen LogP contribution in [0.2, 0.25) is 0 Å². The highest BCUT2D eigenvalue weighted by Gasteiger charge is 2.20. The maximum absolute atomic E-state index is 12.6. The number of benzene rings is 1. The van der Waals surface area contributed by atoms with Crippen LogP contribution in [0.3, 0.4) is 0 Å². The Morgan fingerprint density at radius 1 is 0.762 bits per heavy atom. The second kappa shape index (κ2) is 20.0. The van der Waals surface area contributed by atoms with Gasteiger partial charge in [0.05, 0.1) is 12.1 Å². The van der Waals surface area contributed by atoms with Gasteiger partial charge in [-0.1, -0.05) is 39.3 Å². The zero-order chi connectivity index (χ0) is 31.5. The summed E-state index contributed by atoms with van der Waals surface area (Å²) in [6.45, 7) is 9.42. The molecular formula is C28H51N9O5. The minimum Gasteiger partial charge on any atom is -0.508 e. The van der Waals surface area contributed by atoms with Gasteiger partial charge < -0.3 is 53.8 Å². The van der Waals surface area contributed by atoms with Crippen molar-refractivity contribution in [2.45, 2.75) is 71.5 Å². The highest BCUT2D eigenvalue weighted by molar-refractivity contribution is 5.76. The second-order valence-electron chi connectivity index (χ2n) is 11.0.